The fraction of sp³-hybridized carbons (Fsp3) is 0.588. The van der Waals surface area contributed by atoms with Gasteiger partial charge in [-0.3, -0.25) is 4.79 Å². The highest BCUT2D eigenvalue weighted by atomic mass is 35.5. The van der Waals surface area contributed by atoms with E-state index in [0.717, 1.165) is 37.4 Å². The molecule has 0 unspecified atom stereocenters. The molecular formula is C17H27ClN2O3. The molecule has 0 bridgehead atoms. The average Bonchev–Trinajstić information content (AvgIpc) is 2.53. The van der Waals surface area contributed by atoms with Gasteiger partial charge in [0.2, 0.25) is 5.91 Å². The lowest BCUT2D eigenvalue weighted by atomic mass is 10.1. The third kappa shape index (κ3) is 6.28. The van der Waals surface area contributed by atoms with Crippen LogP contribution >= 0.6 is 12.4 Å². The Balaban J connectivity index is 0.00000264. The van der Waals surface area contributed by atoms with Crippen molar-refractivity contribution in [3.63, 3.8) is 0 Å². The summed E-state index contributed by atoms with van der Waals surface area (Å²) in [5.41, 5.74) is 5.85. The van der Waals surface area contributed by atoms with Gasteiger partial charge in [0, 0.05) is 25.6 Å². The molecule has 1 saturated heterocycles. The number of likely N-dealkylation sites (tertiary alicyclic amines) is 1. The van der Waals surface area contributed by atoms with Crippen LogP contribution in [0.5, 0.6) is 11.5 Å². The van der Waals surface area contributed by atoms with Gasteiger partial charge in [-0.25, -0.2) is 0 Å². The third-order valence-corrected chi connectivity index (χ3v) is 3.83. The first-order chi connectivity index (χ1) is 10.7. The summed E-state index contributed by atoms with van der Waals surface area (Å²) in [4.78, 5) is 14.0. The number of hydrogen-bond donors (Lipinski definition) is 1. The Labute approximate surface area is 144 Å². The molecule has 23 heavy (non-hydrogen) atoms. The normalized spacial score (nSPS) is 15.0. The molecule has 0 radical (unpaired) electrons. The summed E-state index contributed by atoms with van der Waals surface area (Å²) in [5.74, 6) is 1.69. The lowest BCUT2D eigenvalue weighted by Gasteiger charge is -2.30. The standard InChI is InChI=1S/C17H26N2O3.ClH/c1-2-21-15-6-3-4-7-16(15)22-13-5-8-17(20)19-11-9-14(18)10-12-19;/h3-4,6-7,14H,2,5,8-13,18H2,1H3;1H. The van der Waals surface area contributed by atoms with Crippen LogP contribution in [0.3, 0.4) is 0 Å². The fourth-order valence-corrected chi connectivity index (χ4v) is 2.56. The van der Waals surface area contributed by atoms with Crippen molar-refractivity contribution < 1.29 is 14.3 Å². The first-order valence-electron chi connectivity index (χ1n) is 8.08. The van der Waals surface area contributed by atoms with Gasteiger partial charge >= 0.3 is 0 Å². The zero-order chi connectivity index (χ0) is 15.8. The zero-order valence-corrected chi connectivity index (χ0v) is 14.5. The smallest absolute Gasteiger partial charge is 0.222 e. The van der Waals surface area contributed by atoms with Gasteiger partial charge in [0.25, 0.3) is 0 Å². The lowest BCUT2D eigenvalue weighted by Crippen LogP contribution is -2.42. The molecule has 1 amide bonds. The van der Waals surface area contributed by atoms with Crippen LogP contribution < -0.4 is 15.2 Å². The minimum Gasteiger partial charge on any atom is -0.490 e. The van der Waals surface area contributed by atoms with Gasteiger partial charge < -0.3 is 20.1 Å². The number of amides is 1. The summed E-state index contributed by atoms with van der Waals surface area (Å²) < 4.78 is 11.2. The molecule has 1 aliphatic heterocycles. The molecule has 2 rings (SSSR count). The third-order valence-electron chi connectivity index (χ3n) is 3.83. The molecule has 5 nitrogen and oxygen atoms in total. The Hall–Kier alpha value is -1.46. The highest BCUT2D eigenvalue weighted by Gasteiger charge is 2.19. The van der Waals surface area contributed by atoms with Gasteiger partial charge in [-0.15, -0.1) is 12.4 Å². The molecular weight excluding hydrogens is 316 g/mol. The van der Waals surface area contributed by atoms with Crippen LogP contribution in [-0.2, 0) is 4.79 Å². The number of halogens is 1. The van der Waals surface area contributed by atoms with E-state index in [1.807, 2.05) is 36.1 Å². The molecule has 130 valence electrons. The van der Waals surface area contributed by atoms with Crippen molar-refractivity contribution in [1.29, 1.82) is 0 Å². The number of piperidine rings is 1. The van der Waals surface area contributed by atoms with Crippen LogP contribution in [0.2, 0.25) is 0 Å². The number of benzene rings is 1. The number of nitrogens with two attached hydrogens (primary N) is 1. The second kappa shape index (κ2) is 10.3. The maximum absolute atomic E-state index is 12.1. The van der Waals surface area contributed by atoms with E-state index in [9.17, 15) is 4.79 Å². The summed E-state index contributed by atoms with van der Waals surface area (Å²) in [5, 5.41) is 0. The fourth-order valence-electron chi connectivity index (χ4n) is 2.56. The number of ether oxygens (including phenoxy) is 2. The Morgan fingerprint density at radius 1 is 1.22 bits per heavy atom. The second-order valence-corrected chi connectivity index (χ2v) is 5.55. The summed E-state index contributed by atoms with van der Waals surface area (Å²) in [7, 11) is 0. The van der Waals surface area contributed by atoms with Gasteiger partial charge in [-0.2, -0.15) is 0 Å². The van der Waals surface area contributed by atoms with Crippen molar-refractivity contribution in [2.75, 3.05) is 26.3 Å². The van der Waals surface area contributed by atoms with Gasteiger partial charge in [-0.1, -0.05) is 12.1 Å². The number of rotatable bonds is 7. The average molecular weight is 343 g/mol. The SMILES string of the molecule is CCOc1ccccc1OCCCC(=O)N1CCC(N)CC1.Cl. The van der Waals surface area contributed by atoms with Gasteiger partial charge in [-0.05, 0) is 38.3 Å². The predicted molar refractivity (Wildman–Crippen MR) is 93.4 cm³/mol. The van der Waals surface area contributed by atoms with Crippen molar-refractivity contribution in [3.05, 3.63) is 24.3 Å². The molecule has 1 fully saturated rings. The Morgan fingerprint density at radius 2 is 1.83 bits per heavy atom. The second-order valence-electron chi connectivity index (χ2n) is 5.55. The summed E-state index contributed by atoms with van der Waals surface area (Å²) in [6.45, 7) is 4.64. The van der Waals surface area contributed by atoms with Crippen molar-refractivity contribution >= 4 is 18.3 Å². The van der Waals surface area contributed by atoms with E-state index in [4.69, 9.17) is 15.2 Å². The number of carbonyl (C=O) groups is 1. The van der Waals surface area contributed by atoms with Crippen molar-refractivity contribution in [3.8, 4) is 11.5 Å². The first-order valence-corrected chi connectivity index (χ1v) is 8.08. The molecule has 0 atom stereocenters. The number of carbonyl (C=O) groups excluding carboxylic acids is 1. The van der Waals surface area contributed by atoms with Crippen LogP contribution in [0.15, 0.2) is 24.3 Å². The maximum Gasteiger partial charge on any atom is 0.222 e. The van der Waals surface area contributed by atoms with Gasteiger partial charge in [0.15, 0.2) is 11.5 Å². The summed E-state index contributed by atoms with van der Waals surface area (Å²) in [6, 6.07) is 7.87. The first kappa shape index (κ1) is 19.6. The van der Waals surface area contributed by atoms with Crippen molar-refractivity contribution in [2.24, 2.45) is 5.73 Å². The van der Waals surface area contributed by atoms with E-state index in [1.54, 1.807) is 0 Å². The maximum atomic E-state index is 12.1. The molecule has 0 aromatic heterocycles. The van der Waals surface area contributed by atoms with E-state index < -0.39 is 0 Å². The quantitative estimate of drug-likeness (QED) is 0.774. The van der Waals surface area contributed by atoms with Crippen LogP contribution in [0.4, 0.5) is 0 Å². The minimum atomic E-state index is 0. The summed E-state index contributed by atoms with van der Waals surface area (Å²) >= 11 is 0. The monoisotopic (exact) mass is 342 g/mol. The molecule has 0 aliphatic carbocycles. The van der Waals surface area contributed by atoms with Crippen molar-refractivity contribution in [2.45, 2.75) is 38.6 Å². The van der Waals surface area contributed by atoms with Crippen LogP contribution in [0.1, 0.15) is 32.6 Å². The highest BCUT2D eigenvalue weighted by Crippen LogP contribution is 2.26. The Bertz CT molecular complexity index is 477. The molecule has 6 heteroatoms. The summed E-state index contributed by atoms with van der Waals surface area (Å²) in [6.07, 6.45) is 3.04. The molecule has 1 aliphatic rings. The zero-order valence-electron chi connectivity index (χ0n) is 13.7. The Morgan fingerprint density at radius 3 is 2.43 bits per heavy atom. The van der Waals surface area contributed by atoms with Crippen molar-refractivity contribution in [1.82, 2.24) is 4.90 Å². The number of hydrogen-bond acceptors (Lipinski definition) is 4. The minimum absolute atomic E-state index is 0. The molecule has 1 aromatic rings. The molecule has 2 N–H and O–H groups in total. The van der Waals surface area contributed by atoms with Crippen LogP contribution in [-0.4, -0.2) is 43.2 Å². The lowest BCUT2D eigenvalue weighted by molar-refractivity contribution is -0.132. The largest absolute Gasteiger partial charge is 0.490 e. The van der Waals surface area contributed by atoms with E-state index in [0.29, 0.717) is 26.1 Å². The molecule has 0 spiro atoms. The Kier molecular flexibility index (Phi) is 8.81. The van der Waals surface area contributed by atoms with E-state index >= 15 is 0 Å². The van der Waals surface area contributed by atoms with E-state index in [2.05, 4.69) is 0 Å². The predicted octanol–water partition coefficient (Wildman–Crippen LogP) is 2.62. The topological polar surface area (TPSA) is 64.8 Å². The van der Waals surface area contributed by atoms with Crippen LogP contribution in [0, 0.1) is 0 Å². The van der Waals surface area contributed by atoms with E-state index in [-0.39, 0.29) is 24.4 Å². The number of para-hydroxylation sites is 2. The highest BCUT2D eigenvalue weighted by molar-refractivity contribution is 5.85. The number of nitrogens with zero attached hydrogens (tertiary/aromatic N) is 1. The molecule has 1 aromatic carbocycles. The molecule has 1 heterocycles. The molecule has 0 saturated carbocycles. The van der Waals surface area contributed by atoms with Gasteiger partial charge in [0.05, 0.1) is 13.2 Å². The van der Waals surface area contributed by atoms with Crippen LogP contribution in [0.25, 0.3) is 0 Å². The van der Waals surface area contributed by atoms with Gasteiger partial charge in [0.1, 0.15) is 0 Å². The van der Waals surface area contributed by atoms with E-state index in [1.165, 1.54) is 0 Å².